The summed E-state index contributed by atoms with van der Waals surface area (Å²) in [6, 6.07) is 2.04. The zero-order valence-corrected chi connectivity index (χ0v) is 12.3. The van der Waals surface area contributed by atoms with Gasteiger partial charge in [-0.3, -0.25) is 0 Å². The van der Waals surface area contributed by atoms with Crippen molar-refractivity contribution < 1.29 is 0 Å². The minimum Gasteiger partial charge on any atom is -0.368 e. The lowest BCUT2D eigenvalue weighted by atomic mass is 10.1. The van der Waals surface area contributed by atoms with Gasteiger partial charge in [0.25, 0.3) is 0 Å². The highest BCUT2D eigenvalue weighted by Crippen LogP contribution is 2.21. The molecule has 1 atom stereocenters. The Hall–Kier alpha value is -0.280. The molecule has 0 aliphatic heterocycles. The van der Waals surface area contributed by atoms with Crippen LogP contribution < -0.4 is 5.32 Å². The average molecular weight is 306 g/mol. The van der Waals surface area contributed by atoms with Crippen molar-refractivity contribution in [1.82, 2.24) is 4.98 Å². The molecular formula is C12H18BrClN2. The second kappa shape index (κ2) is 6.45. The number of hydrogen-bond acceptors (Lipinski definition) is 2. The molecule has 1 rings (SSSR count). The Labute approximate surface area is 111 Å². The molecule has 16 heavy (non-hydrogen) atoms. The summed E-state index contributed by atoms with van der Waals surface area (Å²) < 4.78 is 0.987. The maximum absolute atomic E-state index is 6.20. The second-order valence-corrected chi connectivity index (χ2v) is 5.92. The summed E-state index contributed by atoms with van der Waals surface area (Å²) in [4.78, 5) is 4.31. The number of aryl methyl sites for hydroxylation is 1. The summed E-state index contributed by atoms with van der Waals surface area (Å²) in [5.74, 6) is 1.48. The molecule has 1 N–H and O–H groups in total. The van der Waals surface area contributed by atoms with Crippen LogP contribution >= 0.6 is 27.5 Å². The molecule has 2 nitrogen and oxygen atoms in total. The van der Waals surface area contributed by atoms with Crippen molar-refractivity contribution in [2.24, 2.45) is 5.92 Å². The Balaban J connectivity index is 2.48. The molecule has 0 spiro atoms. The van der Waals surface area contributed by atoms with Crippen molar-refractivity contribution in [3.05, 3.63) is 22.3 Å². The van der Waals surface area contributed by atoms with E-state index in [0.717, 1.165) is 28.8 Å². The largest absolute Gasteiger partial charge is 0.368 e. The van der Waals surface area contributed by atoms with Gasteiger partial charge in [-0.15, -0.1) is 11.6 Å². The third-order valence-corrected chi connectivity index (χ3v) is 3.13. The number of nitrogens with zero attached hydrogens (tertiary/aromatic N) is 1. The van der Waals surface area contributed by atoms with Crippen LogP contribution in [0.5, 0.6) is 0 Å². The lowest BCUT2D eigenvalue weighted by Crippen LogP contribution is -2.17. The normalized spacial score (nSPS) is 12.9. The van der Waals surface area contributed by atoms with Crippen LogP contribution in [0.25, 0.3) is 0 Å². The molecule has 0 aliphatic carbocycles. The van der Waals surface area contributed by atoms with Gasteiger partial charge in [0, 0.05) is 12.7 Å². The molecule has 90 valence electrons. The van der Waals surface area contributed by atoms with E-state index >= 15 is 0 Å². The van der Waals surface area contributed by atoms with Crippen LogP contribution in [0.15, 0.2) is 16.7 Å². The zero-order valence-electron chi connectivity index (χ0n) is 9.93. The highest BCUT2D eigenvalue weighted by Gasteiger charge is 2.08. The molecule has 1 aromatic rings. The number of rotatable bonds is 5. The van der Waals surface area contributed by atoms with Gasteiger partial charge in [0.05, 0.1) is 9.85 Å². The van der Waals surface area contributed by atoms with E-state index < -0.39 is 0 Å². The molecule has 4 heteroatoms. The summed E-state index contributed by atoms with van der Waals surface area (Å²) >= 11 is 9.68. The van der Waals surface area contributed by atoms with Crippen LogP contribution in [0.2, 0.25) is 0 Å². The SMILES string of the molecule is Cc1cnc(NCC(Cl)CC(C)C)c(Br)c1. The van der Waals surface area contributed by atoms with E-state index in [1.165, 1.54) is 0 Å². The smallest absolute Gasteiger partial charge is 0.140 e. The standard InChI is InChI=1S/C12H18BrClN2/c1-8(2)4-10(14)7-16-12-11(13)5-9(3)6-15-12/h5-6,8,10H,4,7H2,1-3H3,(H,15,16). The van der Waals surface area contributed by atoms with E-state index in [1.54, 1.807) is 0 Å². The summed E-state index contributed by atoms with van der Waals surface area (Å²) in [6.07, 6.45) is 2.86. The highest BCUT2D eigenvalue weighted by molar-refractivity contribution is 9.10. The molecule has 1 heterocycles. The molecule has 0 bridgehead atoms. The maximum atomic E-state index is 6.20. The van der Waals surface area contributed by atoms with Crippen molar-refractivity contribution in [3.8, 4) is 0 Å². The van der Waals surface area contributed by atoms with Gasteiger partial charge < -0.3 is 5.32 Å². The van der Waals surface area contributed by atoms with E-state index in [9.17, 15) is 0 Å². The lowest BCUT2D eigenvalue weighted by molar-refractivity contribution is 0.572. The number of nitrogens with one attached hydrogen (secondary N) is 1. The molecule has 0 saturated carbocycles. The monoisotopic (exact) mass is 304 g/mol. The van der Waals surface area contributed by atoms with Crippen LogP contribution in [0.1, 0.15) is 25.8 Å². The molecule has 1 unspecified atom stereocenters. The first-order valence-corrected chi connectivity index (χ1v) is 6.72. The first-order chi connectivity index (χ1) is 7.49. The second-order valence-electron chi connectivity index (χ2n) is 4.45. The molecule has 0 aliphatic rings. The fraction of sp³-hybridized carbons (Fsp3) is 0.583. The Kier molecular flexibility index (Phi) is 5.56. The average Bonchev–Trinajstić information content (AvgIpc) is 2.15. The van der Waals surface area contributed by atoms with Gasteiger partial charge in [-0.25, -0.2) is 4.98 Å². The van der Waals surface area contributed by atoms with Gasteiger partial charge in [-0.2, -0.15) is 0 Å². The number of alkyl halides is 1. The highest BCUT2D eigenvalue weighted by atomic mass is 79.9. The van der Waals surface area contributed by atoms with Gasteiger partial charge in [0.15, 0.2) is 0 Å². The molecule has 1 aromatic heterocycles. The number of halogens is 2. The molecule has 0 amide bonds. The van der Waals surface area contributed by atoms with Crippen LogP contribution in [-0.2, 0) is 0 Å². The zero-order chi connectivity index (χ0) is 12.1. The van der Waals surface area contributed by atoms with Crippen molar-refractivity contribution in [1.29, 1.82) is 0 Å². The molecule has 0 aromatic carbocycles. The molecule has 0 radical (unpaired) electrons. The number of hydrogen-bond donors (Lipinski definition) is 1. The Bertz CT molecular complexity index is 342. The van der Waals surface area contributed by atoms with Crippen molar-refractivity contribution in [3.63, 3.8) is 0 Å². The Morgan fingerprint density at radius 1 is 1.50 bits per heavy atom. The van der Waals surface area contributed by atoms with Crippen LogP contribution in [0.4, 0.5) is 5.82 Å². The molecule has 0 fully saturated rings. The van der Waals surface area contributed by atoms with Crippen molar-refractivity contribution >= 4 is 33.3 Å². The summed E-state index contributed by atoms with van der Waals surface area (Å²) in [7, 11) is 0. The number of pyridine rings is 1. The number of aromatic nitrogens is 1. The molecule has 0 saturated heterocycles. The third-order valence-electron chi connectivity index (χ3n) is 2.20. The fourth-order valence-electron chi connectivity index (χ4n) is 1.47. The van der Waals surface area contributed by atoms with Gasteiger partial charge >= 0.3 is 0 Å². The van der Waals surface area contributed by atoms with Gasteiger partial charge in [0.2, 0.25) is 0 Å². The van der Waals surface area contributed by atoms with Crippen molar-refractivity contribution in [2.75, 3.05) is 11.9 Å². The first-order valence-electron chi connectivity index (χ1n) is 5.49. The molecular weight excluding hydrogens is 288 g/mol. The van der Waals surface area contributed by atoms with Crippen molar-refractivity contribution in [2.45, 2.75) is 32.6 Å². The lowest BCUT2D eigenvalue weighted by Gasteiger charge is -2.14. The Morgan fingerprint density at radius 3 is 2.75 bits per heavy atom. The van der Waals surface area contributed by atoms with E-state index in [-0.39, 0.29) is 5.38 Å². The summed E-state index contributed by atoms with van der Waals surface area (Å²) in [5.41, 5.74) is 1.14. The predicted octanol–water partition coefficient (Wildman–Crippen LogP) is 4.22. The summed E-state index contributed by atoms with van der Waals surface area (Å²) in [5, 5.41) is 3.40. The van der Waals surface area contributed by atoms with E-state index in [2.05, 4.69) is 40.1 Å². The Morgan fingerprint density at radius 2 is 2.19 bits per heavy atom. The van der Waals surface area contributed by atoms with Gasteiger partial charge in [0.1, 0.15) is 5.82 Å². The van der Waals surface area contributed by atoms with Crippen LogP contribution in [-0.4, -0.2) is 16.9 Å². The topological polar surface area (TPSA) is 24.9 Å². The number of anilines is 1. The quantitative estimate of drug-likeness (QED) is 0.824. The third kappa shape index (κ3) is 4.71. The van der Waals surface area contributed by atoms with Gasteiger partial charge in [-0.1, -0.05) is 13.8 Å². The minimum atomic E-state index is 0.148. The predicted molar refractivity (Wildman–Crippen MR) is 74.3 cm³/mol. The van der Waals surface area contributed by atoms with Gasteiger partial charge in [-0.05, 0) is 46.8 Å². The maximum Gasteiger partial charge on any atom is 0.140 e. The van der Waals surface area contributed by atoms with E-state index in [0.29, 0.717) is 5.92 Å². The van der Waals surface area contributed by atoms with E-state index in [1.807, 2.05) is 19.2 Å². The fourth-order valence-corrected chi connectivity index (χ4v) is 2.50. The van der Waals surface area contributed by atoms with Crippen LogP contribution in [0, 0.1) is 12.8 Å². The van der Waals surface area contributed by atoms with E-state index in [4.69, 9.17) is 11.6 Å². The summed E-state index contributed by atoms with van der Waals surface area (Å²) in [6.45, 7) is 7.11. The first kappa shape index (κ1) is 13.8. The minimum absolute atomic E-state index is 0.148. The van der Waals surface area contributed by atoms with Crippen LogP contribution in [0.3, 0.4) is 0 Å².